The Morgan fingerprint density at radius 3 is 2.78 bits per heavy atom. The average Bonchev–Trinajstić information content (AvgIpc) is 2.59. The second kappa shape index (κ2) is 6.49. The van der Waals surface area contributed by atoms with Gasteiger partial charge in [0, 0.05) is 36.2 Å². The molecule has 5 heteroatoms. The van der Waals surface area contributed by atoms with Crippen molar-refractivity contribution < 1.29 is 4.79 Å². The van der Waals surface area contributed by atoms with Crippen molar-refractivity contribution in [1.82, 2.24) is 9.88 Å². The highest BCUT2D eigenvalue weighted by Gasteiger charge is 2.20. The van der Waals surface area contributed by atoms with Crippen molar-refractivity contribution in [2.24, 2.45) is 5.92 Å². The number of nitriles is 1. The van der Waals surface area contributed by atoms with Crippen molar-refractivity contribution in [2.45, 2.75) is 12.8 Å². The monoisotopic (exact) mass is 307 g/mol. The smallest absolute Gasteiger partial charge is 0.255 e. The molecule has 1 N–H and O–H groups in total. The van der Waals surface area contributed by atoms with Crippen LogP contribution in [0.4, 0.5) is 0 Å². The zero-order valence-electron chi connectivity index (χ0n) is 12.7. The summed E-state index contributed by atoms with van der Waals surface area (Å²) in [4.78, 5) is 28.8. The lowest BCUT2D eigenvalue weighted by molar-refractivity contribution is -0.127. The second-order valence-corrected chi connectivity index (χ2v) is 5.70. The highest BCUT2D eigenvalue weighted by Crippen LogP contribution is 2.16. The first-order valence-corrected chi connectivity index (χ1v) is 7.66. The molecule has 116 valence electrons. The van der Waals surface area contributed by atoms with E-state index in [4.69, 9.17) is 5.26 Å². The number of hydrogen-bond donors (Lipinski definition) is 1. The molecule has 0 atom stereocenters. The SMILES string of the molecule is N#CC1CCN(C(=O)/C=C/c2cc3ccccc3[nH]c2=O)CC1. The predicted molar refractivity (Wildman–Crippen MR) is 88.5 cm³/mol. The molecule has 1 aromatic carbocycles. The standard InChI is InChI=1S/C18H17N3O2/c19-12-13-7-9-21(10-8-13)17(22)6-5-15-11-14-3-1-2-4-16(14)20-18(15)23/h1-6,11,13H,7-10H2,(H,20,23)/b6-5+. The molecule has 1 aromatic heterocycles. The lowest BCUT2D eigenvalue weighted by Crippen LogP contribution is -2.37. The highest BCUT2D eigenvalue weighted by atomic mass is 16.2. The second-order valence-electron chi connectivity index (χ2n) is 5.70. The van der Waals surface area contributed by atoms with E-state index in [1.165, 1.54) is 6.08 Å². The van der Waals surface area contributed by atoms with E-state index >= 15 is 0 Å². The zero-order chi connectivity index (χ0) is 16.2. The summed E-state index contributed by atoms with van der Waals surface area (Å²) in [5.41, 5.74) is 1.03. The van der Waals surface area contributed by atoms with Crippen molar-refractivity contribution in [3.63, 3.8) is 0 Å². The fourth-order valence-corrected chi connectivity index (χ4v) is 2.78. The Kier molecular flexibility index (Phi) is 4.24. The predicted octanol–water partition coefficient (Wildman–Crippen LogP) is 2.30. The largest absolute Gasteiger partial charge is 0.339 e. The van der Waals surface area contributed by atoms with Crippen molar-refractivity contribution >= 4 is 22.9 Å². The Labute approximate surface area is 133 Å². The normalized spacial score (nSPS) is 15.9. The van der Waals surface area contributed by atoms with E-state index in [-0.39, 0.29) is 17.4 Å². The molecule has 0 radical (unpaired) electrons. The number of nitrogens with one attached hydrogen (secondary N) is 1. The summed E-state index contributed by atoms with van der Waals surface area (Å²) >= 11 is 0. The molecular formula is C18H17N3O2. The van der Waals surface area contributed by atoms with Gasteiger partial charge in [-0.1, -0.05) is 18.2 Å². The summed E-state index contributed by atoms with van der Waals surface area (Å²) in [6.07, 6.45) is 4.43. The lowest BCUT2D eigenvalue weighted by atomic mass is 9.98. The summed E-state index contributed by atoms with van der Waals surface area (Å²) in [7, 11) is 0. The number of aromatic amines is 1. The van der Waals surface area contributed by atoms with Gasteiger partial charge < -0.3 is 9.88 Å². The van der Waals surface area contributed by atoms with Crippen molar-refractivity contribution in [3.05, 3.63) is 52.3 Å². The van der Waals surface area contributed by atoms with E-state index < -0.39 is 0 Å². The Bertz CT molecular complexity index is 852. The number of rotatable bonds is 2. The average molecular weight is 307 g/mol. The van der Waals surface area contributed by atoms with Crippen LogP contribution in [-0.2, 0) is 4.79 Å². The number of likely N-dealkylation sites (tertiary alicyclic amines) is 1. The molecule has 0 aliphatic carbocycles. The molecule has 0 unspecified atom stereocenters. The molecule has 23 heavy (non-hydrogen) atoms. The number of benzene rings is 1. The van der Waals surface area contributed by atoms with E-state index in [0.717, 1.165) is 10.9 Å². The summed E-state index contributed by atoms with van der Waals surface area (Å²) in [6.45, 7) is 1.19. The van der Waals surface area contributed by atoms with Gasteiger partial charge in [-0.3, -0.25) is 9.59 Å². The number of fused-ring (bicyclic) bond motifs is 1. The van der Waals surface area contributed by atoms with Crippen LogP contribution in [0, 0.1) is 17.2 Å². The third kappa shape index (κ3) is 3.32. The Morgan fingerprint density at radius 2 is 2.04 bits per heavy atom. The van der Waals surface area contributed by atoms with Gasteiger partial charge >= 0.3 is 0 Å². The molecule has 0 bridgehead atoms. The van der Waals surface area contributed by atoms with Gasteiger partial charge in [0.05, 0.1) is 6.07 Å². The highest BCUT2D eigenvalue weighted by molar-refractivity contribution is 5.92. The number of aromatic nitrogens is 1. The first kappa shape index (κ1) is 15.0. The van der Waals surface area contributed by atoms with Gasteiger partial charge in [0.1, 0.15) is 0 Å². The van der Waals surface area contributed by atoms with Crippen LogP contribution in [0.15, 0.2) is 41.2 Å². The van der Waals surface area contributed by atoms with E-state index in [1.807, 2.05) is 24.3 Å². The Hall–Kier alpha value is -2.87. The van der Waals surface area contributed by atoms with E-state index in [1.54, 1.807) is 17.0 Å². The van der Waals surface area contributed by atoms with E-state index in [2.05, 4.69) is 11.1 Å². The third-order valence-corrected chi connectivity index (χ3v) is 4.18. The van der Waals surface area contributed by atoms with Gasteiger partial charge in [-0.15, -0.1) is 0 Å². The molecule has 3 rings (SSSR count). The van der Waals surface area contributed by atoms with Crippen LogP contribution in [0.2, 0.25) is 0 Å². The number of nitrogens with zero attached hydrogens (tertiary/aromatic N) is 2. The fraction of sp³-hybridized carbons (Fsp3) is 0.278. The number of pyridine rings is 1. The molecule has 0 spiro atoms. The van der Waals surface area contributed by atoms with Gasteiger partial charge in [-0.25, -0.2) is 0 Å². The van der Waals surface area contributed by atoms with Crippen LogP contribution in [0.1, 0.15) is 18.4 Å². The number of amides is 1. The minimum absolute atomic E-state index is 0.0476. The lowest BCUT2D eigenvalue weighted by Gasteiger charge is -2.28. The molecule has 1 amide bonds. The maximum Gasteiger partial charge on any atom is 0.255 e. The first-order chi connectivity index (χ1) is 11.2. The Morgan fingerprint density at radius 1 is 1.30 bits per heavy atom. The van der Waals surface area contributed by atoms with Crippen LogP contribution in [0.25, 0.3) is 17.0 Å². The summed E-state index contributed by atoms with van der Waals surface area (Å²) < 4.78 is 0. The molecule has 1 fully saturated rings. The maximum absolute atomic E-state index is 12.2. The number of para-hydroxylation sites is 1. The molecule has 1 aliphatic rings. The quantitative estimate of drug-likeness (QED) is 0.865. The molecule has 1 saturated heterocycles. The van der Waals surface area contributed by atoms with Crippen molar-refractivity contribution in [3.8, 4) is 6.07 Å². The number of piperidine rings is 1. The number of hydrogen-bond acceptors (Lipinski definition) is 3. The van der Waals surface area contributed by atoms with Crippen molar-refractivity contribution in [1.29, 1.82) is 5.26 Å². The van der Waals surface area contributed by atoms with Crippen LogP contribution >= 0.6 is 0 Å². The third-order valence-electron chi connectivity index (χ3n) is 4.18. The summed E-state index contributed by atoms with van der Waals surface area (Å²) in [5.74, 6) is -0.0692. The number of H-pyrrole nitrogens is 1. The van der Waals surface area contributed by atoms with Gasteiger partial charge in [0.15, 0.2) is 0 Å². The van der Waals surface area contributed by atoms with Gasteiger partial charge in [-0.05, 0) is 36.4 Å². The van der Waals surface area contributed by atoms with Crippen LogP contribution in [0.3, 0.4) is 0 Å². The molecule has 5 nitrogen and oxygen atoms in total. The van der Waals surface area contributed by atoms with Crippen molar-refractivity contribution in [2.75, 3.05) is 13.1 Å². The zero-order valence-corrected chi connectivity index (χ0v) is 12.7. The van der Waals surface area contributed by atoms with Crippen LogP contribution in [0.5, 0.6) is 0 Å². The molecular weight excluding hydrogens is 290 g/mol. The van der Waals surface area contributed by atoms with Gasteiger partial charge in [0.25, 0.3) is 5.56 Å². The van der Waals surface area contributed by atoms with Crippen LogP contribution < -0.4 is 5.56 Å². The minimum Gasteiger partial charge on any atom is -0.339 e. The maximum atomic E-state index is 12.2. The fourth-order valence-electron chi connectivity index (χ4n) is 2.78. The van der Waals surface area contributed by atoms with E-state index in [9.17, 15) is 9.59 Å². The molecule has 1 aliphatic heterocycles. The molecule has 0 saturated carbocycles. The Balaban J connectivity index is 1.75. The summed E-state index contributed by atoms with van der Waals surface area (Å²) in [5, 5.41) is 9.80. The molecule has 2 heterocycles. The minimum atomic E-state index is -0.212. The topological polar surface area (TPSA) is 77.0 Å². The summed E-state index contributed by atoms with van der Waals surface area (Å²) in [6, 6.07) is 11.5. The first-order valence-electron chi connectivity index (χ1n) is 7.66. The molecule has 2 aromatic rings. The number of carbonyl (C=O) groups excluding carboxylic acids is 1. The number of carbonyl (C=O) groups is 1. The van der Waals surface area contributed by atoms with Gasteiger partial charge in [0.2, 0.25) is 5.91 Å². The van der Waals surface area contributed by atoms with Crippen LogP contribution in [-0.4, -0.2) is 28.9 Å². The van der Waals surface area contributed by atoms with Gasteiger partial charge in [-0.2, -0.15) is 5.26 Å². The van der Waals surface area contributed by atoms with E-state index in [0.29, 0.717) is 31.5 Å².